The van der Waals surface area contributed by atoms with E-state index in [1.165, 1.54) is 38.5 Å². The van der Waals surface area contributed by atoms with Gasteiger partial charge in [-0.25, -0.2) is 0 Å². The molecule has 68 valence electrons. The first kappa shape index (κ1) is 13.3. The van der Waals surface area contributed by atoms with Crippen LogP contribution in [0.4, 0.5) is 0 Å². The first-order valence-electron chi connectivity index (χ1n) is 4.53. The summed E-state index contributed by atoms with van der Waals surface area (Å²) >= 11 is 0. The van der Waals surface area contributed by atoms with Crippen molar-refractivity contribution in [3.8, 4) is 0 Å². The molecule has 11 heavy (non-hydrogen) atoms. The van der Waals surface area contributed by atoms with Gasteiger partial charge in [-0.3, -0.25) is 0 Å². The lowest BCUT2D eigenvalue weighted by Crippen LogP contribution is -1.75. The molecule has 0 aromatic carbocycles. The number of rotatable bonds is 6. The molecule has 2 N–H and O–H groups in total. The molecule has 0 rings (SSSR count). The summed E-state index contributed by atoms with van der Waals surface area (Å²) in [6.45, 7) is 4.35. The third-order valence-corrected chi connectivity index (χ3v) is 1.71. The molecule has 0 heterocycles. The summed E-state index contributed by atoms with van der Waals surface area (Å²) in [5.41, 5.74) is 0. The van der Waals surface area contributed by atoms with Crippen molar-refractivity contribution in [1.29, 1.82) is 0 Å². The Balaban J connectivity index is 0. The Hall–Kier alpha value is -0.300. The van der Waals surface area contributed by atoms with E-state index in [-0.39, 0.29) is 5.48 Å². The van der Waals surface area contributed by atoms with E-state index < -0.39 is 0 Å². The highest BCUT2D eigenvalue weighted by atomic mass is 16.0. The van der Waals surface area contributed by atoms with Crippen LogP contribution in [0.1, 0.15) is 52.4 Å². The molecule has 0 aromatic rings. The molecule has 0 radical (unpaired) electrons. The zero-order chi connectivity index (χ0) is 7.66. The lowest BCUT2D eigenvalue weighted by Gasteiger charge is -1.95. The van der Waals surface area contributed by atoms with Crippen molar-refractivity contribution < 1.29 is 5.48 Å². The van der Waals surface area contributed by atoms with Crippen molar-refractivity contribution in [3.63, 3.8) is 0 Å². The fraction of sp³-hybridized carbons (Fsp3) is 0.800. The van der Waals surface area contributed by atoms with Gasteiger partial charge < -0.3 is 5.48 Å². The average molecular weight is 158 g/mol. The molecule has 0 aliphatic carbocycles. The van der Waals surface area contributed by atoms with Crippen LogP contribution in [0, 0.1) is 0 Å². The second kappa shape index (κ2) is 12.4. The maximum Gasteiger partial charge on any atom is -0.0351 e. The van der Waals surface area contributed by atoms with Crippen LogP contribution in [0.5, 0.6) is 0 Å². The van der Waals surface area contributed by atoms with Gasteiger partial charge in [-0.1, -0.05) is 44.8 Å². The van der Waals surface area contributed by atoms with E-state index in [0.29, 0.717) is 0 Å². The van der Waals surface area contributed by atoms with Gasteiger partial charge in [0.2, 0.25) is 0 Å². The highest BCUT2D eigenvalue weighted by molar-refractivity contribution is 4.76. The van der Waals surface area contributed by atoms with Gasteiger partial charge in [-0.15, -0.1) is 0 Å². The highest BCUT2D eigenvalue weighted by Gasteiger charge is 1.84. The second-order valence-electron chi connectivity index (χ2n) is 2.77. The van der Waals surface area contributed by atoms with E-state index in [1.54, 1.807) is 0 Å². The van der Waals surface area contributed by atoms with Crippen molar-refractivity contribution in [2.75, 3.05) is 0 Å². The SMILES string of the molecule is CC=CCCCCCCC.O. The smallest absolute Gasteiger partial charge is 0.0351 e. The Bertz CT molecular complexity index is 76.9. The van der Waals surface area contributed by atoms with Crippen LogP contribution in [0.2, 0.25) is 0 Å². The van der Waals surface area contributed by atoms with Crippen molar-refractivity contribution >= 4 is 0 Å². The number of hydrogen-bond donors (Lipinski definition) is 0. The first-order chi connectivity index (χ1) is 4.91. The molecule has 0 fully saturated rings. The second-order valence-corrected chi connectivity index (χ2v) is 2.77. The zero-order valence-electron chi connectivity index (χ0n) is 7.90. The zero-order valence-corrected chi connectivity index (χ0v) is 7.90. The lowest BCUT2D eigenvalue weighted by molar-refractivity contribution is 0.637. The van der Waals surface area contributed by atoms with Crippen LogP contribution in [0.25, 0.3) is 0 Å². The summed E-state index contributed by atoms with van der Waals surface area (Å²) in [5, 5.41) is 0. The summed E-state index contributed by atoms with van der Waals surface area (Å²) in [7, 11) is 0. The Kier molecular flexibility index (Phi) is 15.0. The summed E-state index contributed by atoms with van der Waals surface area (Å²) in [4.78, 5) is 0. The fourth-order valence-electron chi connectivity index (χ4n) is 1.03. The molecule has 0 bridgehead atoms. The number of unbranched alkanes of at least 4 members (excludes halogenated alkanes) is 5. The topological polar surface area (TPSA) is 31.5 Å². The normalized spacial score (nSPS) is 10.0. The summed E-state index contributed by atoms with van der Waals surface area (Å²) < 4.78 is 0. The van der Waals surface area contributed by atoms with Crippen LogP contribution in [-0.4, -0.2) is 5.48 Å². The molecular formula is C10H22O. The quantitative estimate of drug-likeness (QED) is 0.420. The molecule has 0 saturated heterocycles. The van der Waals surface area contributed by atoms with Crippen LogP contribution in [-0.2, 0) is 0 Å². The monoisotopic (exact) mass is 158 g/mol. The van der Waals surface area contributed by atoms with Gasteiger partial charge in [-0.05, 0) is 19.8 Å². The van der Waals surface area contributed by atoms with Gasteiger partial charge in [-0.2, -0.15) is 0 Å². The maximum atomic E-state index is 2.26. The molecule has 1 nitrogen and oxygen atoms in total. The van der Waals surface area contributed by atoms with Gasteiger partial charge in [0.15, 0.2) is 0 Å². The van der Waals surface area contributed by atoms with Gasteiger partial charge in [0, 0.05) is 0 Å². The van der Waals surface area contributed by atoms with E-state index in [0.717, 1.165) is 0 Å². The van der Waals surface area contributed by atoms with Gasteiger partial charge in [0.05, 0.1) is 0 Å². The largest absolute Gasteiger partial charge is 0.412 e. The standard InChI is InChI=1S/C10H20.H2O/c1-3-5-7-9-10-8-6-4-2;/h3,5H,4,6-10H2,1-2H3;1H2. The van der Waals surface area contributed by atoms with Crippen molar-refractivity contribution in [2.24, 2.45) is 0 Å². The third kappa shape index (κ3) is 12.8. The van der Waals surface area contributed by atoms with E-state index in [2.05, 4.69) is 26.0 Å². The van der Waals surface area contributed by atoms with Crippen molar-refractivity contribution in [3.05, 3.63) is 12.2 Å². The molecule has 0 aliphatic heterocycles. The summed E-state index contributed by atoms with van der Waals surface area (Å²) in [5.74, 6) is 0. The lowest BCUT2D eigenvalue weighted by atomic mass is 10.1. The Morgan fingerprint density at radius 3 is 2.18 bits per heavy atom. The molecule has 1 heteroatoms. The summed E-state index contributed by atoms with van der Waals surface area (Å²) in [6.07, 6.45) is 12.7. The van der Waals surface area contributed by atoms with Gasteiger partial charge >= 0.3 is 0 Å². The van der Waals surface area contributed by atoms with Crippen LogP contribution >= 0.6 is 0 Å². The molecule has 0 saturated carbocycles. The number of allylic oxidation sites excluding steroid dienone is 2. The molecule has 0 aliphatic rings. The van der Waals surface area contributed by atoms with Crippen LogP contribution in [0.15, 0.2) is 12.2 Å². The van der Waals surface area contributed by atoms with Crippen molar-refractivity contribution in [1.82, 2.24) is 0 Å². The van der Waals surface area contributed by atoms with Crippen LogP contribution < -0.4 is 0 Å². The highest BCUT2D eigenvalue weighted by Crippen LogP contribution is 2.04. The fourth-order valence-corrected chi connectivity index (χ4v) is 1.03. The Morgan fingerprint density at radius 2 is 1.64 bits per heavy atom. The maximum absolute atomic E-state index is 2.26. The van der Waals surface area contributed by atoms with Gasteiger partial charge in [0.25, 0.3) is 0 Å². The van der Waals surface area contributed by atoms with E-state index in [4.69, 9.17) is 0 Å². The Labute approximate surface area is 70.8 Å². The minimum absolute atomic E-state index is 0. The average Bonchev–Trinajstić information content (AvgIpc) is 1.97. The Morgan fingerprint density at radius 1 is 1.00 bits per heavy atom. The molecule has 0 unspecified atom stereocenters. The minimum atomic E-state index is 0. The predicted octanol–water partition coefficient (Wildman–Crippen LogP) is 3.10. The first-order valence-corrected chi connectivity index (χ1v) is 4.53. The predicted molar refractivity (Wildman–Crippen MR) is 51.8 cm³/mol. The molecule has 0 amide bonds. The van der Waals surface area contributed by atoms with E-state index in [1.807, 2.05) is 0 Å². The van der Waals surface area contributed by atoms with Crippen LogP contribution in [0.3, 0.4) is 0 Å². The minimum Gasteiger partial charge on any atom is -0.412 e. The van der Waals surface area contributed by atoms with E-state index >= 15 is 0 Å². The van der Waals surface area contributed by atoms with Gasteiger partial charge in [0.1, 0.15) is 0 Å². The molecule has 0 spiro atoms. The number of hydrogen-bond acceptors (Lipinski definition) is 0. The summed E-state index contributed by atoms with van der Waals surface area (Å²) in [6, 6.07) is 0. The van der Waals surface area contributed by atoms with E-state index in [9.17, 15) is 0 Å². The third-order valence-electron chi connectivity index (χ3n) is 1.71. The van der Waals surface area contributed by atoms with Crippen molar-refractivity contribution in [2.45, 2.75) is 52.4 Å². The molecular weight excluding hydrogens is 136 g/mol. The molecule has 0 aromatic heterocycles. The molecule has 0 atom stereocenters.